The van der Waals surface area contributed by atoms with Gasteiger partial charge in [-0.05, 0) is 36.2 Å². The quantitative estimate of drug-likeness (QED) is 0.724. The summed E-state index contributed by atoms with van der Waals surface area (Å²) in [7, 11) is 1.79. The molecule has 0 aliphatic heterocycles. The molecular formula is C17H16N4OS. The molecular weight excluding hydrogens is 308 g/mol. The van der Waals surface area contributed by atoms with E-state index in [1.54, 1.807) is 35.9 Å². The maximum Gasteiger partial charge on any atom is 0.273 e. The molecule has 0 N–H and O–H groups in total. The van der Waals surface area contributed by atoms with E-state index in [-0.39, 0.29) is 5.91 Å². The van der Waals surface area contributed by atoms with Gasteiger partial charge in [-0.1, -0.05) is 6.07 Å². The Balaban J connectivity index is 1.65. The molecule has 0 unspecified atom stereocenters. The Morgan fingerprint density at radius 1 is 1.17 bits per heavy atom. The van der Waals surface area contributed by atoms with Crippen molar-refractivity contribution < 1.29 is 4.79 Å². The fourth-order valence-electron chi connectivity index (χ4n) is 2.12. The van der Waals surface area contributed by atoms with E-state index < -0.39 is 0 Å². The van der Waals surface area contributed by atoms with Gasteiger partial charge in [-0.3, -0.25) is 14.8 Å². The van der Waals surface area contributed by atoms with Gasteiger partial charge in [-0.15, -0.1) is 11.3 Å². The molecule has 0 atom stereocenters. The maximum atomic E-state index is 12.4. The lowest BCUT2D eigenvalue weighted by atomic mass is 10.2. The van der Waals surface area contributed by atoms with Gasteiger partial charge in [0, 0.05) is 37.6 Å². The molecule has 0 saturated carbocycles. The summed E-state index contributed by atoms with van der Waals surface area (Å²) in [6.07, 6.45) is 6.04. The number of carbonyl (C=O) groups excluding carboxylic acids is 1. The highest BCUT2D eigenvalue weighted by atomic mass is 32.1. The Bertz CT molecular complexity index is 774. The van der Waals surface area contributed by atoms with Crippen molar-refractivity contribution in [3.05, 3.63) is 65.6 Å². The van der Waals surface area contributed by atoms with Crippen molar-refractivity contribution in [1.29, 1.82) is 0 Å². The number of rotatable bonds is 5. The van der Waals surface area contributed by atoms with E-state index in [0.717, 1.165) is 22.7 Å². The highest BCUT2D eigenvalue weighted by Crippen LogP contribution is 2.21. The van der Waals surface area contributed by atoms with Crippen molar-refractivity contribution in [3.63, 3.8) is 0 Å². The molecule has 3 heterocycles. The van der Waals surface area contributed by atoms with Crippen LogP contribution in [0.3, 0.4) is 0 Å². The van der Waals surface area contributed by atoms with Crippen LogP contribution in [0.2, 0.25) is 0 Å². The van der Waals surface area contributed by atoms with Crippen molar-refractivity contribution >= 4 is 17.2 Å². The Morgan fingerprint density at radius 2 is 2.00 bits per heavy atom. The van der Waals surface area contributed by atoms with Gasteiger partial charge in [0.1, 0.15) is 10.7 Å². The topological polar surface area (TPSA) is 59.0 Å². The third-order valence-corrected chi connectivity index (χ3v) is 4.30. The number of carbonyl (C=O) groups is 1. The first-order valence-electron chi connectivity index (χ1n) is 7.25. The molecule has 0 aliphatic carbocycles. The van der Waals surface area contributed by atoms with Gasteiger partial charge in [0.2, 0.25) is 0 Å². The molecule has 3 aromatic heterocycles. The van der Waals surface area contributed by atoms with Gasteiger partial charge in [-0.25, -0.2) is 4.98 Å². The standard InChI is InChI=1S/C17H16N4OS/c1-21(11-7-13-5-9-18-10-6-13)17(22)15-12-23-16(20-15)14-4-2-3-8-19-14/h2-6,8-10,12H,7,11H2,1H3. The minimum Gasteiger partial charge on any atom is -0.340 e. The van der Waals surface area contributed by atoms with Gasteiger partial charge in [0.05, 0.1) is 5.69 Å². The Labute approximate surface area is 138 Å². The summed E-state index contributed by atoms with van der Waals surface area (Å²) in [5.41, 5.74) is 2.41. The second-order valence-corrected chi connectivity index (χ2v) is 5.94. The molecule has 3 rings (SSSR count). The van der Waals surface area contributed by atoms with Gasteiger partial charge >= 0.3 is 0 Å². The van der Waals surface area contributed by atoms with E-state index in [1.807, 2.05) is 30.3 Å². The van der Waals surface area contributed by atoms with E-state index in [1.165, 1.54) is 11.3 Å². The molecule has 23 heavy (non-hydrogen) atoms. The molecule has 0 bridgehead atoms. The van der Waals surface area contributed by atoms with E-state index in [9.17, 15) is 4.79 Å². The van der Waals surface area contributed by atoms with Crippen LogP contribution >= 0.6 is 11.3 Å². The summed E-state index contributed by atoms with van der Waals surface area (Å²) in [4.78, 5) is 26.8. The average molecular weight is 324 g/mol. The third-order valence-electron chi connectivity index (χ3n) is 3.44. The molecule has 0 radical (unpaired) electrons. The predicted octanol–water partition coefficient (Wildman–Crippen LogP) is 2.91. The Hall–Kier alpha value is -2.60. The maximum absolute atomic E-state index is 12.4. The van der Waals surface area contributed by atoms with Crippen LogP contribution in [0.15, 0.2) is 54.3 Å². The van der Waals surface area contributed by atoms with E-state index >= 15 is 0 Å². The summed E-state index contributed by atoms with van der Waals surface area (Å²) < 4.78 is 0. The van der Waals surface area contributed by atoms with Crippen molar-refractivity contribution in [2.45, 2.75) is 6.42 Å². The molecule has 116 valence electrons. The summed E-state index contributed by atoms with van der Waals surface area (Å²) in [5, 5.41) is 2.55. The van der Waals surface area contributed by atoms with Gasteiger partial charge in [0.25, 0.3) is 5.91 Å². The first-order chi connectivity index (χ1) is 11.2. The number of likely N-dealkylation sites (N-methyl/N-ethyl adjacent to an activating group) is 1. The summed E-state index contributed by atoms with van der Waals surface area (Å²) in [6, 6.07) is 9.57. The zero-order valence-electron chi connectivity index (χ0n) is 12.7. The van der Waals surface area contributed by atoms with Crippen LogP contribution in [0.25, 0.3) is 10.7 Å². The van der Waals surface area contributed by atoms with Crippen LogP contribution in [-0.4, -0.2) is 39.4 Å². The molecule has 5 nitrogen and oxygen atoms in total. The molecule has 0 aliphatic rings. The SMILES string of the molecule is CN(CCc1ccncc1)C(=O)c1csc(-c2ccccn2)n1. The fraction of sp³-hybridized carbons (Fsp3) is 0.176. The fourth-order valence-corrected chi connectivity index (χ4v) is 2.89. The van der Waals surface area contributed by atoms with Crippen molar-refractivity contribution in [2.24, 2.45) is 0 Å². The highest BCUT2D eigenvalue weighted by Gasteiger charge is 2.16. The number of hydrogen-bond donors (Lipinski definition) is 0. The third kappa shape index (κ3) is 3.78. The van der Waals surface area contributed by atoms with E-state index in [4.69, 9.17) is 0 Å². The lowest BCUT2D eigenvalue weighted by molar-refractivity contribution is 0.0792. The van der Waals surface area contributed by atoms with Crippen molar-refractivity contribution in [2.75, 3.05) is 13.6 Å². The second kappa shape index (κ2) is 7.11. The molecule has 0 spiro atoms. The normalized spacial score (nSPS) is 10.5. The summed E-state index contributed by atoms with van der Waals surface area (Å²) in [5.74, 6) is -0.0718. The van der Waals surface area contributed by atoms with Gasteiger partial charge < -0.3 is 4.90 Å². The van der Waals surface area contributed by atoms with Crippen LogP contribution in [0.4, 0.5) is 0 Å². The summed E-state index contributed by atoms with van der Waals surface area (Å²) >= 11 is 1.43. The Kier molecular flexibility index (Phi) is 4.73. The van der Waals surface area contributed by atoms with Crippen LogP contribution in [-0.2, 0) is 6.42 Å². The van der Waals surface area contributed by atoms with Crippen LogP contribution in [0.5, 0.6) is 0 Å². The lowest BCUT2D eigenvalue weighted by Gasteiger charge is -2.15. The largest absolute Gasteiger partial charge is 0.340 e. The smallest absolute Gasteiger partial charge is 0.273 e. The number of thiazole rings is 1. The molecule has 0 saturated heterocycles. The minimum absolute atomic E-state index is 0.0718. The minimum atomic E-state index is -0.0718. The number of aromatic nitrogens is 3. The molecule has 6 heteroatoms. The molecule has 0 fully saturated rings. The van der Waals surface area contributed by atoms with Crippen LogP contribution < -0.4 is 0 Å². The van der Waals surface area contributed by atoms with E-state index in [0.29, 0.717) is 12.2 Å². The zero-order chi connectivity index (χ0) is 16.1. The van der Waals surface area contributed by atoms with E-state index in [2.05, 4.69) is 15.0 Å². The first-order valence-corrected chi connectivity index (χ1v) is 8.13. The molecule has 1 amide bonds. The number of pyridine rings is 2. The van der Waals surface area contributed by atoms with Gasteiger partial charge in [-0.2, -0.15) is 0 Å². The monoisotopic (exact) mass is 324 g/mol. The predicted molar refractivity (Wildman–Crippen MR) is 90.2 cm³/mol. The lowest BCUT2D eigenvalue weighted by Crippen LogP contribution is -2.29. The number of nitrogens with zero attached hydrogens (tertiary/aromatic N) is 4. The van der Waals surface area contributed by atoms with Crippen LogP contribution in [0.1, 0.15) is 16.1 Å². The van der Waals surface area contributed by atoms with Crippen LogP contribution in [0, 0.1) is 0 Å². The Morgan fingerprint density at radius 3 is 2.74 bits per heavy atom. The average Bonchev–Trinajstić information content (AvgIpc) is 3.11. The molecule has 3 aromatic rings. The molecule has 0 aromatic carbocycles. The van der Waals surface area contributed by atoms with Crippen molar-refractivity contribution in [3.8, 4) is 10.7 Å². The second-order valence-electron chi connectivity index (χ2n) is 5.09. The van der Waals surface area contributed by atoms with Crippen molar-refractivity contribution in [1.82, 2.24) is 19.9 Å². The first kappa shape index (κ1) is 15.3. The number of amides is 1. The highest BCUT2D eigenvalue weighted by molar-refractivity contribution is 7.13. The number of hydrogen-bond acceptors (Lipinski definition) is 5. The summed E-state index contributed by atoms with van der Waals surface area (Å²) in [6.45, 7) is 0.638. The van der Waals surface area contributed by atoms with Gasteiger partial charge in [0.15, 0.2) is 0 Å². The zero-order valence-corrected chi connectivity index (χ0v) is 13.5.